The second kappa shape index (κ2) is 9.01. The zero-order valence-corrected chi connectivity index (χ0v) is 19.7. The van der Waals surface area contributed by atoms with Gasteiger partial charge in [-0.15, -0.1) is 11.3 Å². The van der Waals surface area contributed by atoms with Crippen molar-refractivity contribution in [1.29, 1.82) is 0 Å². The zero-order chi connectivity index (χ0) is 23.0. The summed E-state index contributed by atoms with van der Waals surface area (Å²) in [5.74, 6) is -0.437. The van der Waals surface area contributed by atoms with Crippen LogP contribution in [0.1, 0.15) is 20.8 Å². The number of hydrogen-bond donors (Lipinski definition) is 1. The first-order valence-corrected chi connectivity index (χ1v) is 11.5. The average molecular weight is 474 g/mol. The van der Waals surface area contributed by atoms with E-state index in [4.69, 9.17) is 11.6 Å². The molecule has 8 nitrogen and oxygen atoms in total. The lowest BCUT2D eigenvalue weighted by atomic mass is 10.2. The minimum Gasteiger partial charge on any atom is -0.335 e. The first-order valence-electron chi connectivity index (χ1n) is 10.3. The number of aryl methyl sites for hydroxylation is 2. The Bertz CT molecular complexity index is 1260. The Morgan fingerprint density at radius 3 is 2.59 bits per heavy atom. The second-order valence-electron chi connectivity index (χ2n) is 8.02. The molecule has 10 heteroatoms. The van der Waals surface area contributed by atoms with Gasteiger partial charge >= 0.3 is 0 Å². The van der Waals surface area contributed by atoms with Gasteiger partial charge in [0.1, 0.15) is 11.4 Å². The van der Waals surface area contributed by atoms with Crippen molar-refractivity contribution in [3.63, 3.8) is 0 Å². The van der Waals surface area contributed by atoms with Crippen LogP contribution in [0.25, 0.3) is 10.2 Å². The fraction of sp³-hybridized carbons (Fsp3) is 0.364. The lowest BCUT2D eigenvalue weighted by Crippen LogP contribution is -2.47. The maximum atomic E-state index is 13.1. The van der Waals surface area contributed by atoms with E-state index in [1.165, 1.54) is 22.2 Å². The predicted octanol–water partition coefficient (Wildman–Crippen LogP) is 2.75. The van der Waals surface area contributed by atoms with E-state index in [-0.39, 0.29) is 23.9 Å². The number of carbonyl (C=O) groups excluding carboxylic acids is 2. The van der Waals surface area contributed by atoms with Crippen LogP contribution in [-0.4, -0.2) is 64.4 Å². The van der Waals surface area contributed by atoms with Crippen LogP contribution in [0, 0.1) is 13.8 Å². The fourth-order valence-corrected chi connectivity index (χ4v) is 4.94. The Morgan fingerprint density at radius 2 is 1.91 bits per heavy atom. The van der Waals surface area contributed by atoms with Gasteiger partial charge in [-0.3, -0.25) is 19.0 Å². The highest BCUT2D eigenvalue weighted by Crippen LogP contribution is 2.28. The third-order valence-electron chi connectivity index (χ3n) is 5.67. The summed E-state index contributed by atoms with van der Waals surface area (Å²) in [4.78, 5) is 48.0. The molecule has 0 saturated carbocycles. The van der Waals surface area contributed by atoms with Gasteiger partial charge in [0.25, 0.3) is 11.5 Å². The number of thiophene rings is 1. The van der Waals surface area contributed by atoms with Gasteiger partial charge in [-0.05, 0) is 44.2 Å². The molecule has 0 spiro atoms. The molecule has 1 saturated heterocycles. The van der Waals surface area contributed by atoms with Crippen LogP contribution in [0.2, 0.25) is 5.02 Å². The monoisotopic (exact) mass is 473 g/mol. The first kappa shape index (κ1) is 22.4. The van der Waals surface area contributed by atoms with Crippen LogP contribution < -0.4 is 10.9 Å². The number of rotatable bonds is 4. The SMILES string of the molecule is Cc1ccc(NC(=O)Cn2cnc3sc(C(=O)N4CCN(C)CC4)c(C)c3c2=O)cc1Cl. The van der Waals surface area contributed by atoms with Crippen molar-refractivity contribution in [3.8, 4) is 0 Å². The Hall–Kier alpha value is -2.75. The van der Waals surface area contributed by atoms with E-state index >= 15 is 0 Å². The molecular formula is C22H24ClN5O3S. The van der Waals surface area contributed by atoms with Gasteiger partial charge in [-0.25, -0.2) is 4.98 Å². The number of likely N-dealkylation sites (N-methyl/N-ethyl adjacent to an activating group) is 1. The molecule has 0 aliphatic carbocycles. The summed E-state index contributed by atoms with van der Waals surface area (Å²) in [6, 6.07) is 5.23. The van der Waals surface area contributed by atoms with Gasteiger partial charge in [0.05, 0.1) is 16.6 Å². The van der Waals surface area contributed by atoms with E-state index in [0.29, 0.717) is 44.5 Å². The van der Waals surface area contributed by atoms with Crippen molar-refractivity contribution < 1.29 is 9.59 Å². The third kappa shape index (κ3) is 4.41. The topological polar surface area (TPSA) is 87.5 Å². The van der Waals surface area contributed by atoms with Crippen molar-refractivity contribution in [2.75, 3.05) is 38.5 Å². The van der Waals surface area contributed by atoms with Crippen molar-refractivity contribution in [2.24, 2.45) is 0 Å². The molecule has 4 rings (SSSR count). The summed E-state index contributed by atoms with van der Waals surface area (Å²) in [5, 5.41) is 3.69. The molecule has 1 fully saturated rings. The summed E-state index contributed by atoms with van der Waals surface area (Å²) < 4.78 is 1.26. The fourth-order valence-electron chi connectivity index (χ4n) is 3.65. The van der Waals surface area contributed by atoms with Crippen LogP contribution in [0.3, 0.4) is 0 Å². The summed E-state index contributed by atoms with van der Waals surface area (Å²) in [6.45, 7) is 6.41. The van der Waals surface area contributed by atoms with Crippen LogP contribution in [0.4, 0.5) is 5.69 Å². The number of aromatic nitrogens is 2. The van der Waals surface area contributed by atoms with Gasteiger partial charge in [0.15, 0.2) is 0 Å². The van der Waals surface area contributed by atoms with Gasteiger partial charge in [-0.2, -0.15) is 0 Å². The highest BCUT2D eigenvalue weighted by Gasteiger charge is 2.26. The number of carbonyl (C=O) groups is 2. The van der Waals surface area contributed by atoms with Gasteiger partial charge in [0.2, 0.25) is 5.91 Å². The van der Waals surface area contributed by atoms with E-state index < -0.39 is 0 Å². The summed E-state index contributed by atoms with van der Waals surface area (Å²) in [5.41, 5.74) is 1.75. The van der Waals surface area contributed by atoms with Crippen LogP contribution in [-0.2, 0) is 11.3 Å². The Morgan fingerprint density at radius 1 is 1.19 bits per heavy atom. The Kier molecular flexibility index (Phi) is 6.32. The van der Waals surface area contributed by atoms with Crippen LogP contribution in [0.15, 0.2) is 29.3 Å². The second-order valence-corrected chi connectivity index (χ2v) is 9.43. The van der Waals surface area contributed by atoms with Crippen molar-refractivity contribution in [1.82, 2.24) is 19.4 Å². The molecule has 0 atom stereocenters. The minimum atomic E-state index is -0.366. The van der Waals surface area contributed by atoms with E-state index in [0.717, 1.165) is 18.7 Å². The van der Waals surface area contributed by atoms with E-state index in [1.807, 2.05) is 24.9 Å². The molecule has 1 aromatic carbocycles. The molecule has 0 unspecified atom stereocenters. The standard InChI is InChI=1S/C22H24ClN5O3S/c1-13-4-5-15(10-16(13)23)25-17(29)11-28-12-24-20-18(21(28)30)14(2)19(32-20)22(31)27-8-6-26(3)7-9-27/h4-5,10,12H,6-9,11H2,1-3H3,(H,25,29). The smallest absolute Gasteiger partial charge is 0.264 e. The van der Waals surface area contributed by atoms with Crippen molar-refractivity contribution in [2.45, 2.75) is 20.4 Å². The van der Waals surface area contributed by atoms with Crippen LogP contribution in [0.5, 0.6) is 0 Å². The van der Waals surface area contributed by atoms with E-state index in [1.54, 1.807) is 19.1 Å². The number of amides is 2. The minimum absolute atomic E-state index is 0.0708. The molecule has 2 amide bonds. The molecule has 0 radical (unpaired) electrons. The first-order chi connectivity index (χ1) is 15.2. The lowest BCUT2D eigenvalue weighted by molar-refractivity contribution is -0.116. The number of fused-ring (bicyclic) bond motifs is 1. The highest BCUT2D eigenvalue weighted by molar-refractivity contribution is 7.20. The zero-order valence-electron chi connectivity index (χ0n) is 18.1. The number of anilines is 1. The van der Waals surface area contributed by atoms with Crippen molar-refractivity contribution in [3.05, 3.63) is 55.9 Å². The maximum absolute atomic E-state index is 13.1. The molecule has 32 heavy (non-hydrogen) atoms. The number of benzene rings is 1. The maximum Gasteiger partial charge on any atom is 0.264 e. The van der Waals surface area contributed by atoms with Gasteiger partial charge in [0, 0.05) is 36.9 Å². The number of nitrogens with zero attached hydrogens (tertiary/aromatic N) is 4. The third-order valence-corrected chi connectivity index (χ3v) is 7.27. The summed E-state index contributed by atoms with van der Waals surface area (Å²) >= 11 is 7.34. The van der Waals surface area contributed by atoms with E-state index in [9.17, 15) is 14.4 Å². The lowest BCUT2D eigenvalue weighted by Gasteiger charge is -2.32. The molecule has 1 aliphatic rings. The molecule has 3 heterocycles. The van der Waals surface area contributed by atoms with Gasteiger partial charge < -0.3 is 15.1 Å². The number of halogens is 1. The number of hydrogen-bond acceptors (Lipinski definition) is 6. The predicted molar refractivity (Wildman–Crippen MR) is 127 cm³/mol. The largest absolute Gasteiger partial charge is 0.335 e. The molecule has 2 aromatic heterocycles. The Labute approximate surface area is 194 Å². The molecule has 3 aromatic rings. The highest BCUT2D eigenvalue weighted by atomic mass is 35.5. The van der Waals surface area contributed by atoms with E-state index in [2.05, 4.69) is 15.2 Å². The Balaban J connectivity index is 1.56. The van der Waals surface area contributed by atoms with Crippen LogP contribution >= 0.6 is 22.9 Å². The van der Waals surface area contributed by atoms with Gasteiger partial charge in [-0.1, -0.05) is 17.7 Å². The number of nitrogens with one attached hydrogen (secondary N) is 1. The molecule has 0 bridgehead atoms. The average Bonchev–Trinajstić information content (AvgIpc) is 3.10. The molecule has 168 valence electrons. The molecule has 1 N–H and O–H groups in total. The summed E-state index contributed by atoms with van der Waals surface area (Å²) in [7, 11) is 2.03. The van der Waals surface area contributed by atoms with Crippen molar-refractivity contribution >= 4 is 50.7 Å². The normalized spacial score (nSPS) is 14.7. The quantitative estimate of drug-likeness (QED) is 0.629. The summed E-state index contributed by atoms with van der Waals surface area (Å²) in [6.07, 6.45) is 1.35. The number of piperazine rings is 1. The molecular weight excluding hydrogens is 450 g/mol. The molecule has 1 aliphatic heterocycles.